The maximum absolute atomic E-state index is 4.54. The Morgan fingerprint density at radius 3 is 2.60 bits per heavy atom. The van der Waals surface area contributed by atoms with E-state index in [-0.39, 0.29) is 0 Å². The molecular weight excluding hydrogens is 392 g/mol. The standard InChI is InChI=1S/C23H16N6S/c1-13-2-3-20(30-13)16-6-9-25-22-17(16)11-19(27-22)21-18-10-15(12-26-23(18)29-28-21)14-4-7-24-8-5-14/h2-12H,1H3,(H,25,27)(H,26,28,29). The third-order valence-electron chi connectivity index (χ3n) is 5.23. The molecule has 7 heteroatoms. The average Bonchev–Trinajstić information content (AvgIpc) is 3.51. The lowest BCUT2D eigenvalue weighted by molar-refractivity contribution is 1.10. The Morgan fingerprint density at radius 1 is 0.867 bits per heavy atom. The van der Waals surface area contributed by atoms with E-state index in [9.17, 15) is 0 Å². The fraction of sp³-hybridized carbons (Fsp3) is 0.0435. The minimum atomic E-state index is 0.684. The zero-order valence-corrected chi connectivity index (χ0v) is 16.9. The largest absolute Gasteiger partial charge is 0.338 e. The SMILES string of the molecule is Cc1ccc(-c2ccnc3[nH]c(-c4[nH]nc5ncc(-c6ccncc6)cc45)cc23)s1. The molecule has 2 N–H and O–H groups in total. The van der Waals surface area contributed by atoms with Crippen molar-refractivity contribution in [2.45, 2.75) is 6.92 Å². The van der Waals surface area contributed by atoms with Gasteiger partial charge in [-0.15, -0.1) is 11.3 Å². The van der Waals surface area contributed by atoms with Gasteiger partial charge >= 0.3 is 0 Å². The number of thiophene rings is 1. The summed E-state index contributed by atoms with van der Waals surface area (Å²) in [6.07, 6.45) is 7.26. The molecule has 0 saturated carbocycles. The lowest BCUT2D eigenvalue weighted by Crippen LogP contribution is -1.83. The zero-order chi connectivity index (χ0) is 20.1. The molecule has 6 aromatic heterocycles. The fourth-order valence-electron chi connectivity index (χ4n) is 3.76. The van der Waals surface area contributed by atoms with Crippen LogP contribution < -0.4 is 0 Å². The Bertz CT molecular complexity index is 1510. The number of hydrogen-bond acceptors (Lipinski definition) is 5. The molecule has 0 aromatic carbocycles. The summed E-state index contributed by atoms with van der Waals surface area (Å²) >= 11 is 1.79. The molecule has 0 aliphatic carbocycles. The highest BCUT2D eigenvalue weighted by Gasteiger charge is 2.15. The van der Waals surface area contributed by atoms with Crippen LogP contribution >= 0.6 is 11.3 Å². The monoisotopic (exact) mass is 408 g/mol. The molecule has 0 amide bonds. The summed E-state index contributed by atoms with van der Waals surface area (Å²) in [5.74, 6) is 0. The first kappa shape index (κ1) is 17.1. The third kappa shape index (κ3) is 2.71. The summed E-state index contributed by atoms with van der Waals surface area (Å²) in [7, 11) is 0. The molecule has 6 heterocycles. The molecule has 0 unspecified atom stereocenters. The highest BCUT2D eigenvalue weighted by atomic mass is 32.1. The predicted molar refractivity (Wildman–Crippen MR) is 120 cm³/mol. The van der Waals surface area contributed by atoms with E-state index in [1.807, 2.05) is 24.5 Å². The highest BCUT2D eigenvalue weighted by Crippen LogP contribution is 2.36. The third-order valence-corrected chi connectivity index (χ3v) is 6.26. The van der Waals surface area contributed by atoms with E-state index >= 15 is 0 Å². The summed E-state index contributed by atoms with van der Waals surface area (Å²) in [4.78, 5) is 19.2. The van der Waals surface area contributed by atoms with Gasteiger partial charge in [-0.3, -0.25) is 10.1 Å². The minimum Gasteiger partial charge on any atom is -0.338 e. The van der Waals surface area contributed by atoms with Crippen LogP contribution in [0.2, 0.25) is 0 Å². The van der Waals surface area contributed by atoms with Gasteiger partial charge in [-0.2, -0.15) is 5.10 Å². The smallest absolute Gasteiger partial charge is 0.181 e. The molecule has 6 rings (SSSR count). The van der Waals surface area contributed by atoms with Crippen LogP contribution in [0.3, 0.4) is 0 Å². The molecule has 144 valence electrons. The number of hydrogen-bond donors (Lipinski definition) is 2. The molecule has 30 heavy (non-hydrogen) atoms. The van der Waals surface area contributed by atoms with Gasteiger partial charge in [0, 0.05) is 56.4 Å². The van der Waals surface area contributed by atoms with E-state index < -0.39 is 0 Å². The Kier molecular flexibility index (Phi) is 3.75. The Labute approximate surface area is 175 Å². The molecule has 0 bridgehead atoms. The van der Waals surface area contributed by atoms with E-state index in [0.717, 1.165) is 38.9 Å². The second kappa shape index (κ2) is 6.60. The number of aromatic amines is 2. The summed E-state index contributed by atoms with van der Waals surface area (Å²) in [5, 5.41) is 9.60. The Balaban J connectivity index is 1.52. The van der Waals surface area contributed by atoms with Crippen LogP contribution in [0.25, 0.3) is 55.0 Å². The van der Waals surface area contributed by atoms with Gasteiger partial charge < -0.3 is 4.98 Å². The molecular formula is C23H16N6S. The van der Waals surface area contributed by atoms with Crippen molar-refractivity contribution in [1.82, 2.24) is 30.1 Å². The van der Waals surface area contributed by atoms with Gasteiger partial charge in [0.05, 0.1) is 11.4 Å². The van der Waals surface area contributed by atoms with Gasteiger partial charge in [-0.1, -0.05) is 0 Å². The average molecular weight is 408 g/mol. The first-order chi connectivity index (χ1) is 14.8. The summed E-state index contributed by atoms with van der Waals surface area (Å²) in [5.41, 5.74) is 6.66. The van der Waals surface area contributed by atoms with Crippen molar-refractivity contribution in [3.8, 4) is 33.0 Å². The van der Waals surface area contributed by atoms with Gasteiger partial charge in [-0.05, 0) is 55.0 Å². The van der Waals surface area contributed by atoms with Gasteiger partial charge in [0.1, 0.15) is 5.65 Å². The number of pyridine rings is 3. The van der Waals surface area contributed by atoms with Crippen molar-refractivity contribution < 1.29 is 0 Å². The first-order valence-corrected chi connectivity index (χ1v) is 10.4. The summed E-state index contributed by atoms with van der Waals surface area (Å²) < 4.78 is 0. The molecule has 0 aliphatic heterocycles. The van der Waals surface area contributed by atoms with Gasteiger partial charge in [0.15, 0.2) is 5.65 Å². The number of aromatic nitrogens is 6. The maximum Gasteiger partial charge on any atom is 0.181 e. The van der Waals surface area contributed by atoms with Crippen LogP contribution in [0.15, 0.2) is 67.3 Å². The van der Waals surface area contributed by atoms with E-state index in [0.29, 0.717) is 5.65 Å². The lowest BCUT2D eigenvalue weighted by Gasteiger charge is -2.01. The molecule has 0 spiro atoms. The molecule has 0 saturated heterocycles. The fourth-order valence-corrected chi connectivity index (χ4v) is 4.67. The van der Waals surface area contributed by atoms with E-state index in [1.165, 1.54) is 15.3 Å². The maximum atomic E-state index is 4.54. The van der Waals surface area contributed by atoms with Gasteiger partial charge in [-0.25, -0.2) is 9.97 Å². The van der Waals surface area contributed by atoms with Crippen molar-refractivity contribution in [3.05, 3.63) is 72.1 Å². The Morgan fingerprint density at radius 2 is 1.77 bits per heavy atom. The van der Waals surface area contributed by atoms with Crippen molar-refractivity contribution in [1.29, 1.82) is 0 Å². The molecule has 0 aliphatic rings. The predicted octanol–water partition coefficient (Wildman–Crippen LogP) is 5.60. The number of nitrogens with one attached hydrogen (secondary N) is 2. The molecule has 0 radical (unpaired) electrons. The molecule has 6 nitrogen and oxygen atoms in total. The minimum absolute atomic E-state index is 0.684. The van der Waals surface area contributed by atoms with Crippen molar-refractivity contribution in [3.63, 3.8) is 0 Å². The van der Waals surface area contributed by atoms with Crippen molar-refractivity contribution in [2.75, 3.05) is 0 Å². The van der Waals surface area contributed by atoms with Gasteiger partial charge in [0.2, 0.25) is 0 Å². The van der Waals surface area contributed by atoms with Crippen molar-refractivity contribution in [2.24, 2.45) is 0 Å². The first-order valence-electron chi connectivity index (χ1n) is 9.56. The lowest BCUT2D eigenvalue weighted by atomic mass is 10.1. The zero-order valence-electron chi connectivity index (χ0n) is 16.0. The van der Waals surface area contributed by atoms with E-state index in [4.69, 9.17) is 0 Å². The number of aryl methyl sites for hydroxylation is 1. The topological polar surface area (TPSA) is 83.1 Å². The van der Waals surface area contributed by atoms with Crippen LogP contribution in [-0.4, -0.2) is 30.1 Å². The normalized spacial score (nSPS) is 11.5. The van der Waals surface area contributed by atoms with Crippen LogP contribution in [0, 0.1) is 6.92 Å². The van der Waals surface area contributed by atoms with Crippen LogP contribution in [-0.2, 0) is 0 Å². The van der Waals surface area contributed by atoms with Crippen molar-refractivity contribution >= 4 is 33.4 Å². The molecule has 0 atom stereocenters. The number of nitrogens with zero attached hydrogens (tertiary/aromatic N) is 4. The Hall–Kier alpha value is -3.84. The van der Waals surface area contributed by atoms with E-state index in [2.05, 4.69) is 67.4 Å². The molecule has 0 fully saturated rings. The number of H-pyrrole nitrogens is 2. The summed E-state index contributed by atoms with van der Waals surface area (Å²) in [6, 6.07) is 14.6. The van der Waals surface area contributed by atoms with Crippen LogP contribution in [0.1, 0.15) is 4.88 Å². The second-order valence-corrected chi connectivity index (χ2v) is 8.43. The summed E-state index contributed by atoms with van der Waals surface area (Å²) in [6.45, 7) is 2.12. The number of fused-ring (bicyclic) bond motifs is 2. The van der Waals surface area contributed by atoms with Crippen LogP contribution in [0.4, 0.5) is 0 Å². The quantitative estimate of drug-likeness (QED) is 0.399. The molecule has 6 aromatic rings. The van der Waals surface area contributed by atoms with Crippen LogP contribution in [0.5, 0.6) is 0 Å². The van der Waals surface area contributed by atoms with E-state index in [1.54, 1.807) is 23.7 Å². The second-order valence-electron chi connectivity index (χ2n) is 7.14. The highest BCUT2D eigenvalue weighted by molar-refractivity contribution is 7.15. The van der Waals surface area contributed by atoms with Gasteiger partial charge in [0.25, 0.3) is 0 Å². The number of rotatable bonds is 3.